The van der Waals surface area contributed by atoms with Gasteiger partial charge in [0.25, 0.3) is 5.91 Å². The molecule has 0 spiro atoms. The molecule has 2 aromatic rings. The van der Waals surface area contributed by atoms with Gasteiger partial charge >= 0.3 is 0 Å². The number of carbonyl (C=O) groups excluding carboxylic acids is 1. The number of carbonyl (C=O) groups is 1. The molecule has 0 aromatic heterocycles. The molecule has 2 aromatic carbocycles. The van der Waals surface area contributed by atoms with Crippen molar-refractivity contribution in [2.45, 2.75) is 24.2 Å². The van der Waals surface area contributed by atoms with Crippen molar-refractivity contribution in [3.8, 4) is 6.07 Å². The molecule has 128 valence electrons. The third kappa shape index (κ3) is 4.64. The van der Waals surface area contributed by atoms with E-state index in [4.69, 9.17) is 5.26 Å². The van der Waals surface area contributed by atoms with Crippen molar-refractivity contribution < 1.29 is 4.79 Å². The van der Waals surface area contributed by atoms with Gasteiger partial charge in [0.15, 0.2) is 0 Å². The zero-order valence-electron chi connectivity index (χ0n) is 14.2. The van der Waals surface area contributed by atoms with Crippen LogP contribution in [0.15, 0.2) is 59.5 Å². The van der Waals surface area contributed by atoms with Gasteiger partial charge in [-0.1, -0.05) is 42.5 Å². The average Bonchev–Trinajstić information content (AvgIpc) is 2.67. The van der Waals surface area contributed by atoms with Crippen LogP contribution in [0.1, 0.15) is 28.8 Å². The van der Waals surface area contributed by atoms with E-state index in [2.05, 4.69) is 30.3 Å². The summed E-state index contributed by atoms with van der Waals surface area (Å²) in [6.45, 7) is 1.63. The molecular weight excluding hydrogens is 328 g/mol. The summed E-state index contributed by atoms with van der Waals surface area (Å²) in [5.74, 6) is 1.11. The fourth-order valence-electron chi connectivity index (χ4n) is 3.34. The summed E-state index contributed by atoms with van der Waals surface area (Å²) in [6.07, 6.45) is 3.19. The van der Waals surface area contributed by atoms with Crippen molar-refractivity contribution in [3.05, 3.63) is 65.7 Å². The number of benzene rings is 2. The minimum absolute atomic E-state index is 0.0965. The second-order valence-electron chi connectivity index (χ2n) is 6.37. The third-order valence-electron chi connectivity index (χ3n) is 4.68. The molecule has 0 atom stereocenters. The molecule has 0 saturated carbocycles. The Morgan fingerprint density at radius 3 is 2.48 bits per heavy atom. The Bertz CT molecular complexity index is 746. The normalized spacial score (nSPS) is 14.9. The van der Waals surface area contributed by atoms with Crippen LogP contribution in [0.4, 0.5) is 0 Å². The van der Waals surface area contributed by atoms with E-state index in [0.29, 0.717) is 11.7 Å². The summed E-state index contributed by atoms with van der Waals surface area (Å²) in [5.41, 5.74) is 2.11. The van der Waals surface area contributed by atoms with Crippen molar-refractivity contribution in [2.24, 2.45) is 5.92 Å². The van der Waals surface area contributed by atoms with E-state index in [9.17, 15) is 4.79 Å². The first-order chi connectivity index (χ1) is 12.3. The number of nitriles is 1. The summed E-state index contributed by atoms with van der Waals surface area (Å²) in [6, 6.07) is 20.3. The van der Waals surface area contributed by atoms with Crippen LogP contribution in [0.5, 0.6) is 0 Å². The molecule has 4 heteroatoms. The highest BCUT2D eigenvalue weighted by Gasteiger charge is 2.25. The lowest BCUT2D eigenvalue weighted by Crippen LogP contribution is -2.39. The van der Waals surface area contributed by atoms with Crippen LogP contribution in [0.3, 0.4) is 0 Å². The Morgan fingerprint density at radius 2 is 1.76 bits per heavy atom. The minimum atomic E-state index is 0.0965. The number of rotatable bonds is 5. The van der Waals surface area contributed by atoms with Crippen molar-refractivity contribution >= 4 is 17.7 Å². The SMILES string of the molecule is N#CCSc1ccccc1C(=O)N1CCC(Cc2ccccc2)CC1. The van der Waals surface area contributed by atoms with E-state index < -0.39 is 0 Å². The van der Waals surface area contributed by atoms with Gasteiger partial charge in [-0.05, 0) is 42.9 Å². The molecule has 1 fully saturated rings. The van der Waals surface area contributed by atoms with Crippen molar-refractivity contribution in [2.75, 3.05) is 18.8 Å². The van der Waals surface area contributed by atoms with Crippen LogP contribution in [-0.4, -0.2) is 29.6 Å². The Kier molecular flexibility index (Phi) is 6.14. The molecule has 1 aliphatic heterocycles. The lowest BCUT2D eigenvalue weighted by molar-refractivity contribution is 0.0687. The highest BCUT2D eigenvalue weighted by atomic mass is 32.2. The summed E-state index contributed by atoms with van der Waals surface area (Å²) < 4.78 is 0. The first kappa shape index (κ1) is 17.6. The molecule has 1 heterocycles. The highest BCUT2D eigenvalue weighted by molar-refractivity contribution is 7.99. The van der Waals surface area contributed by atoms with Crippen LogP contribution >= 0.6 is 11.8 Å². The standard InChI is InChI=1S/C21H22N2OS/c22-12-15-25-20-9-5-4-8-19(20)21(24)23-13-10-18(11-14-23)16-17-6-2-1-3-7-17/h1-9,18H,10-11,13-16H2. The minimum Gasteiger partial charge on any atom is -0.339 e. The molecule has 0 unspecified atom stereocenters. The second kappa shape index (κ2) is 8.73. The van der Waals surface area contributed by atoms with E-state index in [1.54, 1.807) is 0 Å². The number of piperidine rings is 1. The molecule has 3 rings (SSSR count). The van der Waals surface area contributed by atoms with E-state index in [0.717, 1.165) is 42.8 Å². The van der Waals surface area contributed by atoms with Gasteiger partial charge in [-0.3, -0.25) is 4.79 Å². The largest absolute Gasteiger partial charge is 0.339 e. The molecule has 1 aliphatic rings. The lowest BCUT2D eigenvalue weighted by atomic mass is 9.90. The van der Waals surface area contributed by atoms with Gasteiger partial charge in [0.2, 0.25) is 0 Å². The maximum absolute atomic E-state index is 12.9. The number of hydrogen-bond acceptors (Lipinski definition) is 3. The monoisotopic (exact) mass is 350 g/mol. The highest BCUT2D eigenvalue weighted by Crippen LogP contribution is 2.27. The van der Waals surface area contributed by atoms with E-state index in [1.807, 2.05) is 35.2 Å². The Hall–Kier alpha value is -2.25. The van der Waals surface area contributed by atoms with Crippen molar-refractivity contribution in [3.63, 3.8) is 0 Å². The lowest BCUT2D eigenvalue weighted by Gasteiger charge is -2.32. The summed E-state index contributed by atoms with van der Waals surface area (Å²) >= 11 is 1.43. The molecule has 0 radical (unpaired) electrons. The maximum atomic E-state index is 12.9. The van der Waals surface area contributed by atoms with Gasteiger partial charge in [-0.2, -0.15) is 5.26 Å². The van der Waals surface area contributed by atoms with Crippen LogP contribution < -0.4 is 0 Å². The van der Waals surface area contributed by atoms with Gasteiger partial charge in [0.1, 0.15) is 0 Å². The Balaban J connectivity index is 1.59. The first-order valence-corrected chi connectivity index (χ1v) is 9.68. The van der Waals surface area contributed by atoms with Crippen LogP contribution in [0, 0.1) is 17.2 Å². The molecule has 1 amide bonds. The molecular formula is C21H22N2OS. The topological polar surface area (TPSA) is 44.1 Å². The van der Waals surface area contributed by atoms with Crippen LogP contribution in [-0.2, 0) is 6.42 Å². The predicted molar refractivity (Wildman–Crippen MR) is 102 cm³/mol. The Morgan fingerprint density at radius 1 is 1.08 bits per heavy atom. The number of likely N-dealkylation sites (tertiary alicyclic amines) is 1. The molecule has 1 saturated heterocycles. The van der Waals surface area contributed by atoms with Crippen molar-refractivity contribution in [1.82, 2.24) is 4.90 Å². The van der Waals surface area contributed by atoms with Gasteiger partial charge in [-0.25, -0.2) is 0 Å². The zero-order chi connectivity index (χ0) is 17.5. The van der Waals surface area contributed by atoms with Crippen LogP contribution in [0.2, 0.25) is 0 Å². The number of nitrogens with zero attached hydrogens (tertiary/aromatic N) is 2. The Labute approximate surface area is 153 Å². The van der Waals surface area contributed by atoms with E-state index in [-0.39, 0.29) is 5.91 Å². The zero-order valence-corrected chi connectivity index (χ0v) is 15.0. The smallest absolute Gasteiger partial charge is 0.254 e. The number of amides is 1. The molecule has 0 bridgehead atoms. The van der Waals surface area contributed by atoms with Crippen molar-refractivity contribution in [1.29, 1.82) is 5.26 Å². The summed E-state index contributed by atoms with van der Waals surface area (Å²) in [7, 11) is 0. The van der Waals surface area contributed by atoms with Gasteiger partial charge in [0.05, 0.1) is 17.4 Å². The predicted octanol–water partition coefficient (Wildman–Crippen LogP) is 4.40. The quantitative estimate of drug-likeness (QED) is 0.751. The van der Waals surface area contributed by atoms with E-state index in [1.165, 1.54) is 17.3 Å². The summed E-state index contributed by atoms with van der Waals surface area (Å²) in [4.78, 5) is 15.7. The fourth-order valence-corrected chi connectivity index (χ4v) is 4.04. The van der Waals surface area contributed by atoms with Gasteiger partial charge in [-0.15, -0.1) is 11.8 Å². The third-order valence-corrected chi connectivity index (χ3v) is 5.62. The molecule has 0 aliphatic carbocycles. The fraction of sp³-hybridized carbons (Fsp3) is 0.333. The number of hydrogen-bond donors (Lipinski definition) is 0. The maximum Gasteiger partial charge on any atom is 0.254 e. The van der Waals surface area contributed by atoms with Gasteiger partial charge in [0, 0.05) is 18.0 Å². The molecule has 3 nitrogen and oxygen atoms in total. The number of thioether (sulfide) groups is 1. The second-order valence-corrected chi connectivity index (χ2v) is 7.39. The first-order valence-electron chi connectivity index (χ1n) is 8.70. The summed E-state index contributed by atoms with van der Waals surface area (Å²) in [5, 5.41) is 8.79. The average molecular weight is 350 g/mol. The van der Waals surface area contributed by atoms with Gasteiger partial charge < -0.3 is 4.90 Å². The molecule has 25 heavy (non-hydrogen) atoms. The van der Waals surface area contributed by atoms with Crippen LogP contribution in [0.25, 0.3) is 0 Å². The molecule has 0 N–H and O–H groups in total. The van der Waals surface area contributed by atoms with E-state index >= 15 is 0 Å².